The van der Waals surface area contributed by atoms with Gasteiger partial charge in [0, 0.05) is 5.56 Å². The van der Waals surface area contributed by atoms with Gasteiger partial charge in [0.2, 0.25) is 5.82 Å². The highest BCUT2D eigenvalue weighted by atomic mass is 19.2. The van der Waals surface area contributed by atoms with E-state index in [1.165, 1.54) is 82.3 Å². The van der Waals surface area contributed by atoms with Crippen molar-refractivity contribution in [2.75, 3.05) is 13.2 Å². The van der Waals surface area contributed by atoms with Crippen LogP contribution in [0.4, 0.5) is 8.78 Å². The first kappa shape index (κ1) is 29.3. The lowest BCUT2D eigenvalue weighted by molar-refractivity contribution is -0.0430. The Morgan fingerprint density at radius 1 is 0.775 bits per heavy atom. The van der Waals surface area contributed by atoms with Crippen molar-refractivity contribution in [3.63, 3.8) is 0 Å². The molecule has 4 heteroatoms. The lowest BCUT2D eigenvalue weighted by atomic mass is 9.66. The van der Waals surface area contributed by atoms with E-state index in [2.05, 4.69) is 31.2 Å². The summed E-state index contributed by atoms with van der Waals surface area (Å²) >= 11 is 0. The maximum absolute atomic E-state index is 14.7. The van der Waals surface area contributed by atoms with Crippen molar-refractivity contribution in [2.24, 2.45) is 23.7 Å². The fraction of sp³-hybridized carbons (Fsp3) is 0.611. The summed E-state index contributed by atoms with van der Waals surface area (Å²) in [5.74, 6) is 2.22. The Bertz CT molecular complexity index is 1090. The SMILES string of the molecule is CC=CCCC1CCC(C2CCC(C3CCC(c4ccc(-c5ccc(OCC)c(F)c5F)cc4)CC3)CC2)CO1. The highest BCUT2D eigenvalue weighted by Crippen LogP contribution is 2.46. The van der Waals surface area contributed by atoms with Crippen LogP contribution in [0, 0.1) is 35.3 Å². The Balaban J connectivity index is 1.07. The summed E-state index contributed by atoms with van der Waals surface area (Å²) in [6.45, 7) is 5.15. The molecule has 2 aromatic carbocycles. The minimum atomic E-state index is -0.910. The number of hydrogen-bond acceptors (Lipinski definition) is 2. The highest BCUT2D eigenvalue weighted by Gasteiger charge is 2.35. The van der Waals surface area contributed by atoms with Crippen molar-refractivity contribution < 1.29 is 18.3 Å². The van der Waals surface area contributed by atoms with Gasteiger partial charge in [0.25, 0.3) is 0 Å². The zero-order valence-electron chi connectivity index (χ0n) is 24.6. The molecule has 1 saturated heterocycles. The standard InChI is InChI=1S/C36H48F2O2/c1-3-5-6-7-32-21-20-31(24-40-32)29-14-12-27(13-15-29)25-8-10-26(11-9-25)28-16-18-30(19-17-28)33-22-23-34(39-4-2)36(38)35(33)37/h3,5,16-19,22-23,25-27,29,31-32H,4,6-15,20-21,24H2,1-2H3. The molecule has 2 aromatic rings. The van der Waals surface area contributed by atoms with Crippen LogP contribution < -0.4 is 4.74 Å². The number of halogens is 2. The van der Waals surface area contributed by atoms with Crippen LogP contribution in [-0.2, 0) is 4.74 Å². The van der Waals surface area contributed by atoms with Crippen LogP contribution in [0.5, 0.6) is 5.75 Å². The molecule has 0 amide bonds. The molecule has 3 aliphatic rings. The molecule has 2 atom stereocenters. The topological polar surface area (TPSA) is 18.5 Å². The predicted molar refractivity (Wildman–Crippen MR) is 160 cm³/mol. The van der Waals surface area contributed by atoms with Gasteiger partial charge in [-0.1, -0.05) is 36.4 Å². The van der Waals surface area contributed by atoms with Crippen LogP contribution in [0.3, 0.4) is 0 Å². The third kappa shape index (κ3) is 6.98. The number of allylic oxidation sites excluding steroid dienone is 2. The summed E-state index contributed by atoms with van der Waals surface area (Å²) in [5, 5.41) is 0. The van der Waals surface area contributed by atoms with Crippen LogP contribution in [0.15, 0.2) is 48.6 Å². The van der Waals surface area contributed by atoms with Gasteiger partial charge in [0.15, 0.2) is 11.6 Å². The maximum Gasteiger partial charge on any atom is 0.201 e. The lowest BCUT2D eigenvalue weighted by Crippen LogP contribution is -2.33. The van der Waals surface area contributed by atoms with E-state index in [1.54, 1.807) is 13.0 Å². The number of rotatable bonds is 9. The smallest absolute Gasteiger partial charge is 0.201 e. The maximum atomic E-state index is 14.7. The minimum absolute atomic E-state index is 0.0297. The third-order valence-corrected chi connectivity index (χ3v) is 10.3. The molecule has 0 bridgehead atoms. The van der Waals surface area contributed by atoms with Gasteiger partial charge < -0.3 is 9.47 Å². The number of ether oxygens (including phenoxy) is 2. The summed E-state index contributed by atoms with van der Waals surface area (Å²) in [4.78, 5) is 0. The van der Waals surface area contributed by atoms with E-state index in [1.807, 2.05) is 12.1 Å². The van der Waals surface area contributed by atoms with Crippen molar-refractivity contribution in [1.29, 1.82) is 0 Å². The predicted octanol–water partition coefficient (Wildman–Crippen LogP) is 10.3. The first-order valence-electron chi connectivity index (χ1n) is 16.0. The summed E-state index contributed by atoms with van der Waals surface area (Å²) in [5.41, 5.74) is 2.33. The summed E-state index contributed by atoms with van der Waals surface area (Å²) in [6, 6.07) is 11.3. The first-order chi connectivity index (χ1) is 19.6. The molecule has 40 heavy (non-hydrogen) atoms. The monoisotopic (exact) mass is 550 g/mol. The van der Waals surface area contributed by atoms with Crippen LogP contribution in [0.1, 0.15) is 102 Å². The summed E-state index contributed by atoms with van der Waals surface area (Å²) in [7, 11) is 0. The fourth-order valence-electron chi connectivity index (χ4n) is 7.84. The Labute approximate surface area is 240 Å². The van der Waals surface area contributed by atoms with Crippen molar-refractivity contribution in [1.82, 2.24) is 0 Å². The van der Waals surface area contributed by atoms with Crippen molar-refractivity contribution in [3.8, 4) is 16.9 Å². The normalized spacial score (nSPS) is 29.5. The van der Waals surface area contributed by atoms with E-state index in [9.17, 15) is 8.78 Å². The van der Waals surface area contributed by atoms with Crippen LogP contribution in [-0.4, -0.2) is 19.3 Å². The van der Waals surface area contributed by atoms with Gasteiger partial charge in [0.05, 0.1) is 19.3 Å². The molecule has 2 saturated carbocycles. The molecule has 1 aliphatic heterocycles. The fourth-order valence-corrected chi connectivity index (χ4v) is 7.84. The summed E-state index contributed by atoms with van der Waals surface area (Å²) < 4.78 is 40.5. The molecule has 2 unspecified atom stereocenters. The largest absolute Gasteiger partial charge is 0.491 e. The quantitative estimate of drug-likeness (QED) is 0.289. The third-order valence-electron chi connectivity index (χ3n) is 10.3. The van der Waals surface area contributed by atoms with Gasteiger partial charge in [-0.05, 0) is 144 Å². The first-order valence-corrected chi connectivity index (χ1v) is 16.0. The second-order valence-corrected chi connectivity index (χ2v) is 12.5. The van der Waals surface area contributed by atoms with Crippen LogP contribution >= 0.6 is 0 Å². The van der Waals surface area contributed by atoms with Gasteiger partial charge >= 0.3 is 0 Å². The Morgan fingerprint density at radius 2 is 1.40 bits per heavy atom. The average molecular weight is 551 g/mol. The molecular formula is C36H48F2O2. The Hall–Kier alpha value is -2.20. The number of hydrogen-bond donors (Lipinski definition) is 0. The van der Waals surface area contributed by atoms with E-state index in [0.717, 1.165) is 36.7 Å². The minimum Gasteiger partial charge on any atom is -0.491 e. The zero-order chi connectivity index (χ0) is 27.9. The van der Waals surface area contributed by atoms with E-state index in [-0.39, 0.29) is 11.3 Å². The number of benzene rings is 2. The van der Waals surface area contributed by atoms with E-state index >= 15 is 0 Å². The van der Waals surface area contributed by atoms with Gasteiger partial charge in [-0.15, -0.1) is 0 Å². The average Bonchev–Trinajstić information content (AvgIpc) is 3.01. The zero-order valence-corrected chi connectivity index (χ0v) is 24.6. The molecule has 5 rings (SSSR count). The van der Waals surface area contributed by atoms with Gasteiger partial charge in [-0.25, -0.2) is 4.39 Å². The molecule has 0 spiro atoms. The van der Waals surface area contributed by atoms with Crippen molar-refractivity contribution in [2.45, 2.75) is 103 Å². The molecule has 0 aromatic heterocycles. The van der Waals surface area contributed by atoms with Crippen LogP contribution in [0.2, 0.25) is 0 Å². The molecule has 0 N–H and O–H groups in total. The molecule has 0 radical (unpaired) electrons. The Morgan fingerprint density at radius 3 is 2.00 bits per heavy atom. The van der Waals surface area contributed by atoms with Gasteiger partial charge in [0.1, 0.15) is 0 Å². The molecule has 218 valence electrons. The molecule has 1 heterocycles. The van der Waals surface area contributed by atoms with Crippen molar-refractivity contribution in [3.05, 3.63) is 65.7 Å². The van der Waals surface area contributed by atoms with E-state index in [4.69, 9.17) is 9.47 Å². The molecular weight excluding hydrogens is 502 g/mol. The van der Waals surface area contributed by atoms with Gasteiger partial charge in [-0.2, -0.15) is 4.39 Å². The van der Waals surface area contributed by atoms with E-state index in [0.29, 0.717) is 24.2 Å². The second-order valence-electron chi connectivity index (χ2n) is 12.5. The van der Waals surface area contributed by atoms with Gasteiger partial charge in [-0.3, -0.25) is 0 Å². The van der Waals surface area contributed by atoms with Crippen molar-refractivity contribution >= 4 is 0 Å². The highest BCUT2D eigenvalue weighted by molar-refractivity contribution is 5.65. The Kier molecular flexibility index (Phi) is 10.3. The van der Waals surface area contributed by atoms with Crippen LogP contribution in [0.25, 0.3) is 11.1 Å². The molecule has 2 nitrogen and oxygen atoms in total. The molecule has 2 aliphatic carbocycles. The molecule has 3 fully saturated rings. The van der Waals surface area contributed by atoms with E-state index < -0.39 is 11.6 Å². The second kappa shape index (κ2) is 14.1. The lowest BCUT2D eigenvalue weighted by Gasteiger charge is -2.41. The summed E-state index contributed by atoms with van der Waals surface area (Å²) in [6.07, 6.45) is 20.5.